The molecule has 3 nitrogen and oxygen atoms in total. The van der Waals surface area contributed by atoms with Gasteiger partial charge in [-0.05, 0) is 35.3 Å². The molecule has 1 aromatic rings. The monoisotopic (exact) mass is 320 g/mol. The standard InChI is InChI=1S/C15H13BrO3/c1-19-15(18)9-11(17)8-10-4-2-6-13-12(10)5-3-7-14(13)16/h2-5,7-8H,6,9H2,1H3. The Morgan fingerprint density at radius 1 is 1.42 bits per heavy atom. The third kappa shape index (κ3) is 3.20. The van der Waals surface area contributed by atoms with Gasteiger partial charge in [-0.1, -0.05) is 40.2 Å². The largest absolute Gasteiger partial charge is 0.469 e. The molecular formula is C15H13BrO3. The SMILES string of the molecule is COC(=O)CC(=O)C=C1C=CCc2c(Br)cccc21. The van der Waals surface area contributed by atoms with Crippen molar-refractivity contribution >= 4 is 33.3 Å². The van der Waals surface area contributed by atoms with Crippen LogP contribution in [-0.2, 0) is 20.7 Å². The van der Waals surface area contributed by atoms with Gasteiger partial charge in [0.2, 0.25) is 0 Å². The maximum Gasteiger partial charge on any atom is 0.313 e. The number of esters is 1. The van der Waals surface area contributed by atoms with Gasteiger partial charge in [-0.15, -0.1) is 0 Å². The molecule has 0 saturated heterocycles. The van der Waals surface area contributed by atoms with Crippen LogP contribution in [0.2, 0.25) is 0 Å². The zero-order valence-corrected chi connectivity index (χ0v) is 12.1. The molecule has 0 aromatic heterocycles. The summed E-state index contributed by atoms with van der Waals surface area (Å²) in [5, 5.41) is 0. The van der Waals surface area contributed by atoms with Crippen molar-refractivity contribution in [2.75, 3.05) is 7.11 Å². The fourth-order valence-corrected chi connectivity index (χ4v) is 2.52. The maximum absolute atomic E-state index is 11.8. The van der Waals surface area contributed by atoms with Gasteiger partial charge in [0.15, 0.2) is 5.78 Å². The topological polar surface area (TPSA) is 43.4 Å². The van der Waals surface area contributed by atoms with Crippen molar-refractivity contribution in [2.45, 2.75) is 12.8 Å². The highest BCUT2D eigenvalue weighted by Gasteiger charge is 2.14. The van der Waals surface area contributed by atoms with E-state index in [4.69, 9.17) is 0 Å². The first-order valence-electron chi connectivity index (χ1n) is 5.87. The summed E-state index contributed by atoms with van der Waals surface area (Å²) >= 11 is 3.51. The van der Waals surface area contributed by atoms with Crippen molar-refractivity contribution in [1.82, 2.24) is 0 Å². The molecule has 0 spiro atoms. The summed E-state index contributed by atoms with van der Waals surface area (Å²) in [6, 6.07) is 5.88. The maximum atomic E-state index is 11.8. The number of carbonyl (C=O) groups excluding carboxylic acids is 2. The van der Waals surface area contributed by atoms with E-state index in [1.807, 2.05) is 30.4 Å². The molecule has 0 amide bonds. The van der Waals surface area contributed by atoms with Gasteiger partial charge in [-0.2, -0.15) is 0 Å². The van der Waals surface area contributed by atoms with E-state index in [9.17, 15) is 9.59 Å². The molecule has 98 valence electrons. The van der Waals surface area contributed by atoms with E-state index in [0.29, 0.717) is 0 Å². The van der Waals surface area contributed by atoms with E-state index in [-0.39, 0.29) is 12.2 Å². The van der Waals surface area contributed by atoms with E-state index < -0.39 is 5.97 Å². The average Bonchev–Trinajstić information content (AvgIpc) is 2.39. The molecule has 2 rings (SSSR count). The molecule has 0 N–H and O–H groups in total. The first-order valence-corrected chi connectivity index (χ1v) is 6.66. The van der Waals surface area contributed by atoms with Crippen molar-refractivity contribution in [2.24, 2.45) is 0 Å². The summed E-state index contributed by atoms with van der Waals surface area (Å²) in [7, 11) is 1.27. The van der Waals surface area contributed by atoms with Crippen LogP contribution in [0.15, 0.2) is 40.9 Å². The van der Waals surface area contributed by atoms with Gasteiger partial charge < -0.3 is 4.74 Å². The third-order valence-electron chi connectivity index (χ3n) is 2.91. The Hall–Kier alpha value is -1.68. The summed E-state index contributed by atoms with van der Waals surface area (Å²) in [6.07, 6.45) is 6.02. The second-order valence-corrected chi connectivity index (χ2v) is 5.05. The fraction of sp³-hybridized carbons (Fsp3) is 0.200. The molecule has 19 heavy (non-hydrogen) atoms. The van der Waals surface area contributed by atoms with Crippen LogP contribution in [0.4, 0.5) is 0 Å². The number of ether oxygens (including phenoxy) is 1. The fourth-order valence-electron chi connectivity index (χ4n) is 1.99. The summed E-state index contributed by atoms with van der Waals surface area (Å²) in [6.45, 7) is 0. The molecule has 0 saturated carbocycles. The lowest BCUT2D eigenvalue weighted by Crippen LogP contribution is -2.08. The van der Waals surface area contributed by atoms with Gasteiger partial charge in [0.05, 0.1) is 7.11 Å². The highest BCUT2D eigenvalue weighted by Crippen LogP contribution is 2.31. The number of halogens is 1. The Kier molecular flexibility index (Phi) is 4.32. The summed E-state index contributed by atoms with van der Waals surface area (Å²) in [5.41, 5.74) is 3.01. The summed E-state index contributed by atoms with van der Waals surface area (Å²) in [5.74, 6) is -0.768. The molecule has 4 heteroatoms. The molecule has 0 fully saturated rings. The Bertz CT molecular complexity index is 585. The van der Waals surface area contributed by atoms with Crippen LogP contribution in [-0.4, -0.2) is 18.9 Å². The Morgan fingerprint density at radius 2 is 2.21 bits per heavy atom. The second-order valence-electron chi connectivity index (χ2n) is 4.19. The van der Waals surface area contributed by atoms with E-state index in [1.54, 1.807) is 0 Å². The van der Waals surface area contributed by atoms with E-state index in [1.165, 1.54) is 13.2 Å². The number of ketones is 1. The molecule has 0 radical (unpaired) electrons. The first kappa shape index (κ1) is 13.7. The van der Waals surface area contributed by atoms with Gasteiger partial charge in [0.25, 0.3) is 0 Å². The predicted molar refractivity (Wildman–Crippen MR) is 76.6 cm³/mol. The molecule has 1 aromatic carbocycles. The normalized spacial score (nSPS) is 15.2. The molecule has 1 aliphatic carbocycles. The van der Waals surface area contributed by atoms with E-state index >= 15 is 0 Å². The Morgan fingerprint density at radius 3 is 2.95 bits per heavy atom. The lowest BCUT2D eigenvalue weighted by Gasteiger charge is -2.15. The zero-order chi connectivity index (χ0) is 13.8. The predicted octanol–water partition coefficient (Wildman–Crippen LogP) is 3.08. The lowest BCUT2D eigenvalue weighted by atomic mass is 9.91. The van der Waals surface area contributed by atoms with Crippen LogP contribution in [0, 0.1) is 0 Å². The number of benzene rings is 1. The first-order chi connectivity index (χ1) is 9.11. The van der Waals surface area contributed by atoms with Gasteiger partial charge in [-0.25, -0.2) is 0 Å². The number of hydrogen-bond donors (Lipinski definition) is 0. The van der Waals surface area contributed by atoms with Gasteiger partial charge in [0, 0.05) is 4.47 Å². The molecule has 0 atom stereocenters. The summed E-state index contributed by atoms with van der Waals surface area (Å²) < 4.78 is 5.51. The quantitative estimate of drug-likeness (QED) is 0.488. The van der Waals surface area contributed by atoms with Gasteiger partial charge in [-0.3, -0.25) is 9.59 Å². The number of rotatable bonds is 3. The van der Waals surface area contributed by atoms with Crippen LogP contribution in [0.3, 0.4) is 0 Å². The van der Waals surface area contributed by atoms with Gasteiger partial charge >= 0.3 is 5.97 Å². The van der Waals surface area contributed by atoms with E-state index in [0.717, 1.165) is 27.6 Å². The molecule has 0 bridgehead atoms. The van der Waals surface area contributed by atoms with Crippen molar-refractivity contribution in [3.63, 3.8) is 0 Å². The molecule has 0 heterocycles. The van der Waals surface area contributed by atoms with Crippen molar-refractivity contribution in [3.05, 3.63) is 52.0 Å². The number of allylic oxidation sites excluding steroid dienone is 4. The molecule has 0 unspecified atom stereocenters. The van der Waals surface area contributed by atoms with Crippen LogP contribution in [0.1, 0.15) is 17.5 Å². The minimum Gasteiger partial charge on any atom is -0.469 e. The van der Waals surface area contributed by atoms with Crippen LogP contribution >= 0.6 is 15.9 Å². The van der Waals surface area contributed by atoms with Crippen molar-refractivity contribution < 1.29 is 14.3 Å². The molecule has 0 aliphatic heterocycles. The minimum absolute atomic E-state index is 0.225. The average molecular weight is 321 g/mol. The van der Waals surface area contributed by atoms with Crippen LogP contribution in [0.25, 0.3) is 5.57 Å². The second kappa shape index (κ2) is 5.97. The number of methoxy groups -OCH3 is 1. The molecular weight excluding hydrogens is 308 g/mol. The highest BCUT2D eigenvalue weighted by molar-refractivity contribution is 9.10. The smallest absolute Gasteiger partial charge is 0.313 e. The highest BCUT2D eigenvalue weighted by atomic mass is 79.9. The lowest BCUT2D eigenvalue weighted by molar-refractivity contribution is -0.142. The Labute approximate surface area is 120 Å². The molecule has 1 aliphatic rings. The number of fused-ring (bicyclic) bond motifs is 1. The third-order valence-corrected chi connectivity index (χ3v) is 3.65. The van der Waals surface area contributed by atoms with Crippen LogP contribution in [0.5, 0.6) is 0 Å². The van der Waals surface area contributed by atoms with Crippen molar-refractivity contribution in [1.29, 1.82) is 0 Å². The number of hydrogen-bond acceptors (Lipinski definition) is 3. The number of carbonyl (C=O) groups is 2. The minimum atomic E-state index is -0.517. The van der Waals surface area contributed by atoms with Crippen LogP contribution < -0.4 is 0 Å². The Balaban J connectivity index is 2.29. The zero-order valence-electron chi connectivity index (χ0n) is 10.5. The van der Waals surface area contributed by atoms with E-state index in [2.05, 4.69) is 20.7 Å². The summed E-state index contributed by atoms with van der Waals surface area (Å²) in [4.78, 5) is 22.8. The van der Waals surface area contributed by atoms with Gasteiger partial charge in [0.1, 0.15) is 6.42 Å². The van der Waals surface area contributed by atoms with Crippen molar-refractivity contribution in [3.8, 4) is 0 Å².